The number of halogens is 2. The van der Waals surface area contributed by atoms with Gasteiger partial charge in [0.15, 0.2) is 0 Å². The van der Waals surface area contributed by atoms with Gasteiger partial charge in [-0.15, -0.1) is 0 Å². The highest BCUT2D eigenvalue weighted by atomic mass is 35.5. The van der Waals surface area contributed by atoms with Crippen molar-refractivity contribution in [2.45, 2.75) is 25.7 Å². The highest BCUT2D eigenvalue weighted by Crippen LogP contribution is 2.38. The summed E-state index contributed by atoms with van der Waals surface area (Å²) < 4.78 is 5.40. The lowest BCUT2D eigenvalue weighted by Gasteiger charge is -2.14. The molecule has 0 spiro atoms. The number of nitrogens with zero attached hydrogens (tertiary/aromatic N) is 2. The first-order valence-electron chi connectivity index (χ1n) is 7.82. The van der Waals surface area contributed by atoms with E-state index in [4.69, 9.17) is 27.9 Å². The van der Waals surface area contributed by atoms with Gasteiger partial charge < -0.3 is 15.0 Å². The Balaban J connectivity index is 1.83. The minimum absolute atomic E-state index is 0.450. The van der Waals surface area contributed by atoms with Crippen LogP contribution in [-0.4, -0.2) is 22.1 Å². The molecule has 0 fully saturated rings. The third kappa shape index (κ3) is 2.58. The number of nitrogens with one attached hydrogen (secondary N) is 2. The van der Waals surface area contributed by atoms with Crippen molar-refractivity contribution in [2.75, 3.05) is 12.4 Å². The largest absolute Gasteiger partial charge is 0.495 e. The van der Waals surface area contributed by atoms with Crippen molar-refractivity contribution in [2.24, 2.45) is 0 Å². The second-order valence-corrected chi connectivity index (χ2v) is 6.64. The first-order chi connectivity index (χ1) is 11.7. The van der Waals surface area contributed by atoms with Crippen LogP contribution in [0.1, 0.15) is 24.1 Å². The molecular weight excluding hydrogens is 347 g/mol. The van der Waals surface area contributed by atoms with E-state index in [1.807, 2.05) is 0 Å². The van der Waals surface area contributed by atoms with Crippen molar-refractivity contribution in [1.29, 1.82) is 0 Å². The van der Waals surface area contributed by atoms with Gasteiger partial charge in [-0.05, 0) is 37.3 Å². The Hall–Kier alpha value is -1.98. The number of aryl methyl sites for hydroxylation is 2. The van der Waals surface area contributed by atoms with Gasteiger partial charge >= 0.3 is 0 Å². The fourth-order valence-electron chi connectivity index (χ4n) is 3.25. The SMILES string of the molecule is COc1cc(Cl)c(Cl)cc1Nc1ncnc2[nH]c3c(c12)CCCC3. The number of hydrogen-bond donors (Lipinski definition) is 2. The van der Waals surface area contributed by atoms with Crippen LogP contribution in [0.3, 0.4) is 0 Å². The summed E-state index contributed by atoms with van der Waals surface area (Å²) in [6.45, 7) is 0. The van der Waals surface area contributed by atoms with E-state index in [0.717, 1.165) is 35.4 Å². The molecule has 0 saturated heterocycles. The molecule has 0 saturated carbocycles. The summed E-state index contributed by atoms with van der Waals surface area (Å²) in [5, 5.41) is 5.28. The molecule has 0 unspecified atom stereocenters. The molecular formula is C17H16Cl2N4O. The zero-order valence-corrected chi connectivity index (χ0v) is 14.6. The molecule has 0 radical (unpaired) electrons. The van der Waals surface area contributed by atoms with Gasteiger partial charge in [0.05, 0.1) is 28.2 Å². The van der Waals surface area contributed by atoms with Crippen molar-refractivity contribution in [3.8, 4) is 5.75 Å². The molecule has 3 aromatic rings. The Morgan fingerprint density at radius 1 is 1.12 bits per heavy atom. The number of hydrogen-bond acceptors (Lipinski definition) is 4. The summed E-state index contributed by atoms with van der Waals surface area (Å²) in [6, 6.07) is 3.44. The molecule has 0 aliphatic heterocycles. The molecule has 2 heterocycles. The third-order valence-corrected chi connectivity index (χ3v) is 5.10. The maximum absolute atomic E-state index is 6.16. The van der Waals surface area contributed by atoms with E-state index in [1.54, 1.807) is 25.6 Å². The maximum atomic E-state index is 6.16. The lowest BCUT2D eigenvalue weighted by Crippen LogP contribution is -2.02. The van der Waals surface area contributed by atoms with Gasteiger partial charge in [-0.25, -0.2) is 9.97 Å². The van der Waals surface area contributed by atoms with E-state index in [0.29, 0.717) is 15.8 Å². The van der Waals surface area contributed by atoms with Gasteiger partial charge in [-0.1, -0.05) is 23.2 Å². The summed E-state index contributed by atoms with van der Waals surface area (Å²) in [4.78, 5) is 12.2. The molecule has 1 aliphatic rings. The summed E-state index contributed by atoms with van der Waals surface area (Å²) in [6.07, 6.45) is 6.04. The highest BCUT2D eigenvalue weighted by Gasteiger charge is 2.20. The smallest absolute Gasteiger partial charge is 0.143 e. The average molecular weight is 363 g/mol. The van der Waals surface area contributed by atoms with E-state index < -0.39 is 0 Å². The lowest BCUT2D eigenvalue weighted by molar-refractivity contribution is 0.417. The maximum Gasteiger partial charge on any atom is 0.143 e. The monoisotopic (exact) mass is 362 g/mol. The Labute approximate surface area is 149 Å². The molecule has 0 amide bonds. The van der Waals surface area contributed by atoms with Gasteiger partial charge in [0.25, 0.3) is 0 Å². The number of rotatable bonds is 3. The van der Waals surface area contributed by atoms with Crippen molar-refractivity contribution < 1.29 is 4.74 Å². The number of H-pyrrole nitrogens is 1. The van der Waals surface area contributed by atoms with Gasteiger partial charge in [-0.2, -0.15) is 0 Å². The number of anilines is 2. The molecule has 0 atom stereocenters. The average Bonchev–Trinajstić information content (AvgIpc) is 2.97. The molecule has 1 aromatic carbocycles. The van der Waals surface area contributed by atoms with E-state index in [2.05, 4.69) is 20.3 Å². The van der Waals surface area contributed by atoms with Crippen LogP contribution in [-0.2, 0) is 12.8 Å². The highest BCUT2D eigenvalue weighted by molar-refractivity contribution is 6.42. The van der Waals surface area contributed by atoms with Crippen LogP contribution < -0.4 is 10.1 Å². The summed E-state index contributed by atoms with van der Waals surface area (Å²) in [7, 11) is 1.60. The zero-order valence-electron chi connectivity index (χ0n) is 13.1. The van der Waals surface area contributed by atoms with Gasteiger partial charge in [0.1, 0.15) is 23.5 Å². The van der Waals surface area contributed by atoms with E-state index in [1.165, 1.54) is 24.1 Å². The van der Waals surface area contributed by atoms with Crippen LogP contribution in [0.5, 0.6) is 5.75 Å². The topological polar surface area (TPSA) is 62.8 Å². The summed E-state index contributed by atoms with van der Waals surface area (Å²) in [5.41, 5.74) is 4.15. The Kier molecular flexibility index (Phi) is 3.98. The lowest BCUT2D eigenvalue weighted by atomic mass is 9.96. The number of fused-ring (bicyclic) bond motifs is 3. The van der Waals surface area contributed by atoms with E-state index in [9.17, 15) is 0 Å². The van der Waals surface area contributed by atoms with Crippen molar-refractivity contribution in [3.63, 3.8) is 0 Å². The van der Waals surface area contributed by atoms with Crippen molar-refractivity contribution >= 4 is 45.7 Å². The van der Waals surface area contributed by atoms with Crippen LogP contribution in [0.2, 0.25) is 10.0 Å². The first-order valence-corrected chi connectivity index (χ1v) is 8.57. The molecule has 0 bridgehead atoms. The normalized spacial score (nSPS) is 13.8. The summed E-state index contributed by atoms with van der Waals surface area (Å²) in [5.74, 6) is 1.36. The van der Waals surface area contributed by atoms with Crippen LogP contribution in [0.25, 0.3) is 11.0 Å². The van der Waals surface area contributed by atoms with E-state index in [-0.39, 0.29) is 0 Å². The molecule has 7 heteroatoms. The van der Waals surface area contributed by atoms with Gasteiger partial charge in [-0.3, -0.25) is 0 Å². The fraction of sp³-hybridized carbons (Fsp3) is 0.294. The number of methoxy groups -OCH3 is 1. The van der Waals surface area contributed by atoms with Gasteiger partial charge in [0, 0.05) is 11.8 Å². The number of aromatic amines is 1. The molecule has 124 valence electrons. The Morgan fingerprint density at radius 2 is 1.92 bits per heavy atom. The molecule has 4 rings (SSSR count). The predicted octanol–water partition coefficient (Wildman–Crippen LogP) is 4.90. The minimum atomic E-state index is 0.450. The van der Waals surface area contributed by atoms with E-state index >= 15 is 0 Å². The Morgan fingerprint density at radius 3 is 2.75 bits per heavy atom. The standard InChI is InChI=1S/C17H16Cl2N4O/c1-24-14-7-11(19)10(18)6-13(14)23-17-15-9-4-2-3-5-12(9)22-16(15)20-8-21-17/h6-8H,2-5H2,1H3,(H2,20,21,22,23). The zero-order chi connectivity index (χ0) is 16.7. The first kappa shape index (κ1) is 15.5. The predicted molar refractivity (Wildman–Crippen MR) is 96.8 cm³/mol. The van der Waals surface area contributed by atoms with Gasteiger partial charge in [0.2, 0.25) is 0 Å². The second kappa shape index (κ2) is 6.15. The summed E-state index contributed by atoms with van der Waals surface area (Å²) >= 11 is 12.2. The quantitative estimate of drug-likeness (QED) is 0.695. The minimum Gasteiger partial charge on any atom is -0.495 e. The van der Waals surface area contributed by atoms with Crippen molar-refractivity contribution in [3.05, 3.63) is 39.8 Å². The van der Waals surface area contributed by atoms with Crippen LogP contribution in [0.15, 0.2) is 18.5 Å². The van der Waals surface area contributed by atoms with Crippen LogP contribution >= 0.6 is 23.2 Å². The third-order valence-electron chi connectivity index (χ3n) is 4.38. The fourth-order valence-corrected chi connectivity index (χ4v) is 3.56. The van der Waals surface area contributed by atoms with Crippen molar-refractivity contribution in [1.82, 2.24) is 15.0 Å². The van der Waals surface area contributed by atoms with Crippen LogP contribution in [0.4, 0.5) is 11.5 Å². The Bertz CT molecular complexity index is 923. The second-order valence-electron chi connectivity index (χ2n) is 5.83. The van der Waals surface area contributed by atoms with Crippen LogP contribution in [0, 0.1) is 0 Å². The molecule has 2 aromatic heterocycles. The molecule has 2 N–H and O–H groups in total. The number of ether oxygens (including phenoxy) is 1. The molecule has 5 nitrogen and oxygen atoms in total. The molecule has 1 aliphatic carbocycles. The molecule has 24 heavy (non-hydrogen) atoms. The number of benzene rings is 1. The number of aromatic nitrogens is 3.